The van der Waals surface area contributed by atoms with Crippen molar-refractivity contribution in [3.8, 4) is 5.75 Å². The molecule has 2 aromatic carbocycles. The van der Waals surface area contributed by atoms with Crippen molar-refractivity contribution in [1.82, 2.24) is 0 Å². The van der Waals surface area contributed by atoms with Gasteiger partial charge in [0.05, 0.1) is 6.61 Å². The van der Waals surface area contributed by atoms with Gasteiger partial charge in [-0.1, -0.05) is 89.8 Å². The quantitative estimate of drug-likeness (QED) is 0.427. The van der Waals surface area contributed by atoms with E-state index in [1.165, 1.54) is 54.0 Å². The first kappa shape index (κ1) is 21.0. The first-order valence-corrected chi connectivity index (χ1v) is 11.4. The number of hydrogen-bond donors (Lipinski definition) is 0. The van der Waals surface area contributed by atoms with Crippen LogP contribution in [-0.4, -0.2) is 6.61 Å². The summed E-state index contributed by atoms with van der Waals surface area (Å²) in [6.07, 6.45) is 10.9. The molecule has 1 atom stereocenters. The summed E-state index contributed by atoms with van der Waals surface area (Å²) in [5, 5.41) is 2.57. The first-order chi connectivity index (χ1) is 13.5. The predicted molar refractivity (Wildman–Crippen MR) is 123 cm³/mol. The Labute approximate surface area is 172 Å². The monoisotopic (exact) mass is 378 g/mol. The maximum atomic E-state index is 6.59. The molecule has 3 rings (SSSR count). The number of ether oxygens (including phenoxy) is 1. The summed E-state index contributed by atoms with van der Waals surface area (Å²) < 4.78 is 6.59. The molecule has 0 fully saturated rings. The van der Waals surface area contributed by atoms with Crippen molar-refractivity contribution in [3.05, 3.63) is 47.0 Å². The number of hydrogen-bond acceptors (Lipinski definition) is 1. The van der Waals surface area contributed by atoms with Crippen LogP contribution in [0.2, 0.25) is 0 Å². The standard InChI is InChI=1S/C27H38O/c1-6-9-12-20(7-2)19-28-26-24-14-11-10-13-21(24)17-22-18-23(15-16-25(22)26)27(4,5)8-3/h10-11,13-14,17-18,20H,6-9,12,15-16,19H2,1-5H3. The van der Waals surface area contributed by atoms with E-state index in [1.54, 1.807) is 5.57 Å². The third-order valence-corrected chi connectivity index (χ3v) is 6.87. The maximum Gasteiger partial charge on any atom is 0.130 e. The first-order valence-electron chi connectivity index (χ1n) is 11.4. The summed E-state index contributed by atoms with van der Waals surface area (Å²) in [4.78, 5) is 0. The van der Waals surface area contributed by atoms with Gasteiger partial charge in [0.2, 0.25) is 0 Å². The van der Waals surface area contributed by atoms with Crippen molar-refractivity contribution in [3.63, 3.8) is 0 Å². The summed E-state index contributed by atoms with van der Waals surface area (Å²) in [5.74, 6) is 1.80. The second-order valence-electron chi connectivity index (χ2n) is 9.13. The third kappa shape index (κ3) is 4.45. The van der Waals surface area contributed by atoms with E-state index in [0.717, 1.165) is 25.2 Å². The zero-order chi connectivity index (χ0) is 20.1. The average molecular weight is 379 g/mol. The topological polar surface area (TPSA) is 9.23 Å². The lowest BCUT2D eigenvalue weighted by atomic mass is 9.75. The highest BCUT2D eigenvalue weighted by atomic mass is 16.5. The number of fused-ring (bicyclic) bond motifs is 2. The van der Waals surface area contributed by atoms with Crippen LogP contribution in [0.5, 0.6) is 5.75 Å². The Bertz CT molecular complexity index is 828. The molecule has 0 N–H and O–H groups in total. The van der Waals surface area contributed by atoms with Crippen molar-refractivity contribution in [2.75, 3.05) is 6.61 Å². The molecule has 0 aliphatic heterocycles. The lowest BCUT2D eigenvalue weighted by molar-refractivity contribution is 0.233. The molecule has 152 valence electrons. The Morgan fingerprint density at radius 1 is 1.07 bits per heavy atom. The van der Waals surface area contributed by atoms with E-state index < -0.39 is 0 Å². The highest BCUT2D eigenvalue weighted by molar-refractivity contribution is 5.93. The fourth-order valence-corrected chi connectivity index (χ4v) is 4.31. The third-order valence-electron chi connectivity index (χ3n) is 6.87. The predicted octanol–water partition coefficient (Wildman–Crippen LogP) is 8.20. The van der Waals surface area contributed by atoms with Crippen LogP contribution >= 0.6 is 0 Å². The summed E-state index contributed by atoms with van der Waals surface area (Å²) >= 11 is 0. The molecule has 0 aromatic heterocycles. The minimum atomic E-state index is 0.276. The van der Waals surface area contributed by atoms with E-state index in [9.17, 15) is 0 Å². The molecular weight excluding hydrogens is 340 g/mol. The second kappa shape index (κ2) is 9.16. The van der Waals surface area contributed by atoms with Crippen molar-refractivity contribution >= 4 is 16.8 Å². The zero-order valence-electron chi connectivity index (χ0n) is 18.6. The van der Waals surface area contributed by atoms with Gasteiger partial charge in [0.1, 0.15) is 5.75 Å². The summed E-state index contributed by atoms with van der Waals surface area (Å²) in [7, 11) is 0. The zero-order valence-corrected chi connectivity index (χ0v) is 18.6. The van der Waals surface area contributed by atoms with Crippen LogP contribution in [0.4, 0.5) is 0 Å². The van der Waals surface area contributed by atoms with Crippen LogP contribution in [0.15, 0.2) is 35.9 Å². The molecule has 0 radical (unpaired) electrons. The van der Waals surface area contributed by atoms with E-state index in [-0.39, 0.29) is 5.41 Å². The molecule has 1 heteroatoms. The van der Waals surface area contributed by atoms with Crippen molar-refractivity contribution in [2.24, 2.45) is 11.3 Å². The lowest BCUT2D eigenvalue weighted by Crippen LogP contribution is -2.18. The molecule has 1 aliphatic rings. The average Bonchev–Trinajstić information content (AvgIpc) is 2.72. The van der Waals surface area contributed by atoms with Crippen molar-refractivity contribution in [1.29, 1.82) is 0 Å². The molecule has 2 aromatic rings. The van der Waals surface area contributed by atoms with Crippen LogP contribution < -0.4 is 4.74 Å². The van der Waals surface area contributed by atoms with Crippen molar-refractivity contribution < 1.29 is 4.74 Å². The molecule has 0 amide bonds. The molecule has 0 bridgehead atoms. The number of unbranched alkanes of at least 4 members (excludes halogenated alkanes) is 1. The molecule has 0 heterocycles. The van der Waals surface area contributed by atoms with Crippen LogP contribution in [0.25, 0.3) is 16.8 Å². The number of rotatable bonds is 9. The minimum Gasteiger partial charge on any atom is -0.492 e. The van der Waals surface area contributed by atoms with Gasteiger partial charge in [-0.2, -0.15) is 0 Å². The van der Waals surface area contributed by atoms with E-state index in [1.807, 2.05) is 0 Å². The van der Waals surface area contributed by atoms with E-state index >= 15 is 0 Å². The Morgan fingerprint density at radius 2 is 1.86 bits per heavy atom. The SMILES string of the molecule is CCCCC(CC)COc1c2c(cc3ccccc13)C=C(C(C)(C)CC)CC2. The van der Waals surface area contributed by atoms with Crippen molar-refractivity contribution in [2.45, 2.75) is 79.6 Å². The molecule has 28 heavy (non-hydrogen) atoms. The van der Waals surface area contributed by atoms with E-state index in [0.29, 0.717) is 5.92 Å². The van der Waals surface area contributed by atoms with Crippen LogP contribution in [0.3, 0.4) is 0 Å². The van der Waals surface area contributed by atoms with Gasteiger partial charge in [0, 0.05) is 10.9 Å². The van der Waals surface area contributed by atoms with Gasteiger partial charge >= 0.3 is 0 Å². The highest BCUT2D eigenvalue weighted by Gasteiger charge is 2.26. The van der Waals surface area contributed by atoms with Gasteiger partial charge in [-0.05, 0) is 54.0 Å². The molecule has 0 saturated heterocycles. The Balaban J connectivity index is 1.98. The van der Waals surface area contributed by atoms with E-state index in [4.69, 9.17) is 4.74 Å². The smallest absolute Gasteiger partial charge is 0.130 e. The molecule has 1 nitrogen and oxygen atoms in total. The van der Waals surface area contributed by atoms with Gasteiger partial charge in [0.25, 0.3) is 0 Å². The van der Waals surface area contributed by atoms with Gasteiger partial charge < -0.3 is 4.74 Å². The number of allylic oxidation sites excluding steroid dienone is 1. The number of benzene rings is 2. The van der Waals surface area contributed by atoms with E-state index in [2.05, 4.69) is 71.0 Å². The Hall–Kier alpha value is -1.76. The molecular formula is C27H38O. The largest absolute Gasteiger partial charge is 0.492 e. The normalized spacial score (nSPS) is 15.2. The van der Waals surface area contributed by atoms with Crippen LogP contribution in [-0.2, 0) is 6.42 Å². The molecule has 0 spiro atoms. The summed E-state index contributed by atoms with van der Waals surface area (Å²) in [6, 6.07) is 11.1. The summed E-state index contributed by atoms with van der Waals surface area (Å²) in [5.41, 5.74) is 4.65. The van der Waals surface area contributed by atoms with Gasteiger partial charge in [-0.3, -0.25) is 0 Å². The Morgan fingerprint density at radius 3 is 2.57 bits per heavy atom. The van der Waals surface area contributed by atoms with Gasteiger partial charge in [-0.15, -0.1) is 0 Å². The lowest BCUT2D eigenvalue weighted by Gasteiger charge is -2.31. The second-order valence-corrected chi connectivity index (χ2v) is 9.13. The van der Waals surface area contributed by atoms with Crippen LogP contribution in [0, 0.1) is 11.3 Å². The van der Waals surface area contributed by atoms with Crippen LogP contribution in [0.1, 0.15) is 84.3 Å². The fourth-order valence-electron chi connectivity index (χ4n) is 4.31. The fraction of sp³-hybridized carbons (Fsp3) is 0.556. The molecule has 0 saturated carbocycles. The van der Waals surface area contributed by atoms with Gasteiger partial charge in [0.15, 0.2) is 0 Å². The van der Waals surface area contributed by atoms with Gasteiger partial charge in [-0.25, -0.2) is 0 Å². The Kier molecular flexibility index (Phi) is 6.86. The highest BCUT2D eigenvalue weighted by Crippen LogP contribution is 2.43. The minimum absolute atomic E-state index is 0.276. The maximum absolute atomic E-state index is 6.59. The summed E-state index contributed by atoms with van der Waals surface area (Å²) in [6.45, 7) is 12.5. The molecule has 1 unspecified atom stereocenters. The molecule has 1 aliphatic carbocycles.